The standard InChI is InChI=1S/C22H19ClF3N5OS/c1-2-22(32)10-16-17(15-5-7-31(29-15)21(25)26)18(13-4-3-12(24)9-14(13)23)28-19(30(16)11-22)20-27-6-8-33-20/h3-9,18,21,32H,2,10-11H2,1H3/t18-,22+/m0/s1. The molecule has 6 nitrogen and oxygen atoms in total. The first-order valence-corrected chi connectivity index (χ1v) is 11.5. The summed E-state index contributed by atoms with van der Waals surface area (Å²) in [6.45, 7) is -0.638. The van der Waals surface area contributed by atoms with Crippen LogP contribution in [0.5, 0.6) is 0 Å². The molecule has 2 atom stereocenters. The number of nitrogens with zero attached hydrogens (tertiary/aromatic N) is 5. The van der Waals surface area contributed by atoms with Crippen molar-refractivity contribution in [1.82, 2.24) is 19.7 Å². The summed E-state index contributed by atoms with van der Waals surface area (Å²) in [5.74, 6) is 0.0505. The van der Waals surface area contributed by atoms with Crippen LogP contribution in [0.15, 0.2) is 52.7 Å². The number of rotatable bonds is 5. The lowest BCUT2D eigenvalue weighted by atomic mass is 9.90. The Bertz CT molecular complexity index is 1260. The van der Waals surface area contributed by atoms with E-state index in [1.165, 1.54) is 41.8 Å². The predicted molar refractivity (Wildman–Crippen MR) is 120 cm³/mol. The lowest BCUT2D eigenvalue weighted by Crippen LogP contribution is -2.37. The molecule has 11 heteroatoms. The van der Waals surface area contributed by atoms with Crippen molar-refractivity contribution in [3.63, 3.8) is 0 Å². The van der Waals surface area contributed by atoms with Gasteiger partial charge >= 0.3 is 6.55 Å². The molecule has 1 aromatic carbocycles. The molecule has 172 valence electrons. The van der Waals surface area contributed by atoms with Gasteiger partial charge in [-0.15, -0.1) is 11.3 Å². The van der Waals surface area contributed by atoms with E-state index in [-0.39, 0.29) is 18.0 Å². The Morgan fingerprint density at radius 2 is 2.15 bits per heavy atom. The lowest BCUT2D eigenvalue weighted by molar-refractivity contribution is 0.0519. The fourth-order valence-corrected chi connectivity index (χ4v) is 5.19. The van der Waals surface area contributed by atoms with Crippen molar-refractivity contribution in [1.29, 1.82) is 0 Å². The van der Waals surface area contributed by atoms with Crippen LogP contribution in [0.2, 0.25) is 5.02 Å². The van der Waals surface area contributed by atoms with Gasteiger partial charge in [0.15, 0.2) is 10.8 Å². The number of hydrogen-bond acceptors (Lipinski definition) is 6. The zero-order valence-electron chi connectivity index (χ0n) is 17.4. The predicted octanol–water partition coefficient (Wildman–Crippen LogP) is 5.29. The van der Waals surface area contributed by atoms with Crippen molar-refractivity contribution in [2.24, 2.45) is 4.99 Å². The number of aliphatic hydroxyl groups is 1. The Kier molecular flexibility index (Phi) is 5.54. The molecular formula is C22H19ClF3N5OS. The summed E-state index contributed by atoms with van der Waals surface area (Å²) < 4.78 is 41.0. The van der Waals surface area contributed by atoms with E-state index in [0.717, 1.165) is 0 Å². The topological polar surface area (TPSA) is 66.5 Å². The Morgan fingerprint density at radius 3 is 2.79 bits per heavy atom. The highest BCUT2D eigenvalue weighted by atomic mass is 35.5. The molecular weight excluding hydrogens is 475 g/mol. The third-order valence-electron chi connectivity index (χ3n) is 5.99. The van der Waals surface area contributed by atoms with E-state index >= 15 is 0 Å². The quantitative estimate of drug-likeness (QED) is 0.524. The molecule has 0 unspecified atom stereocenters. The van der Waals surface area contributed by atoms with Crippen LogP contribution in [-0.2, 0) is 0 Å². The van der Waals surface area contributed by atoms with Crippen LogP contribution in [0.4, 0.5) is 13.2 Å². The highest BCUT2D eigenvalue weighted by Gasteiger charge is 2.46. The van der Waals surface area contributed by atoms with E-state index in [9.17, 15) is 18.3 Å². The van der Waals surface area contributed by atoms with Crippen molar-refractivity contribution in [3.05, 3.63) is 74.8 Å². The molecule has 33 heavy (non-hydrogen) atoms. The van der Waals surface area contributed by atoms with Gasteiger partial charge in [0.1, 0.15) is 11.9 Å². The van der Waals surface area contributed by atoms with Crippen LogP contribution in [0.25, 0.3) is 5.57 Å². The molecule has 0 radical (unpaired) electrons. The van der Waals surface area contributed by atoms with Gasteiger partial charge in [0, 0.05) is 46.1 Å². The van der Waals surface area contributed by atoms with Gasteiger partial charge in [0.25, 0.3) is 0 Å². The highest BCUT2D eigenvalue weighted by Crippen LogP contribution is 2.48. The molecule has 0 bridgehead atoms. The van der Waals surface area contributed by atoms with Crippen LogP contribution in [0.1, 0.15) is 48.6 Å². The van der Waals surface area contributed by atoms with Crippen molar-refractivity contribution in [2.75, 3.05) is 6.54 Å². The summed E-state index contributed by atoms with van der Waals surface area (Å²) in [5.41, 5.74) is 1.03. The maximum atomic E-state index is 13.8. The zero-order chi connectivity index (χ0) is 23.3. The molecule has 2 aliphatic rings. The van der Waals surface area contributed by atoms with Crippen molar-refractivity contribution < 1.29 is 18.3 Å². The average molecular weight is 494 g/mol. The lowest BCUT2D eigenvalue weighted by Gasteiger charge is -2.32. The van der Waals surface area contributed by atoms with Crippen molar-refractivity contribution >= 4 is 34.3 Å². The summed E-state index contributed by atoms with van der Waals surface area (Å²) in [6.07, 6.45) is 3.62. The van der Waals surface area contributed by atoms with E-state index in [1.54, 1.807) is 6.20 Å². The zero-order valence-corrected chi connectivity index (χ0v) is 19.0. The number of hydrogen-bond donors (Lipinski definition) is 1. The smallest absolute Gasteiger partial charge is 0.333 e. The Hall–Kier alpha value is -2.69. The van der Waals surface area contributed by atoms with Gasteiger partial charge in [-0.25, -0.2) is 14.1 Å². The maximum absolute atomic E-state index is 13.8. The first-order chi connectivity index (χ1) is 15.8. The number of alkyl halides is 2. The van der Waals surface area contributed by atoms with Crippen molar-refractivity contribution in [2.45, 2.75) is 38.0 Å². The third kappa shape index (κ3) is 3.85. The number of benzene rings is 1. The van der Waals surface area contributed by atoms with Crippen LogP contribution in [-0.4, -0.2) is 42.8 Å². The van der Waals surface area contributed by atoms with Crippen LogP contribution in [0, 0.1) is 5.82 Å². The maximum Gasteiger partial charge on any atom is 0.333 e. The molecule has 0 amide bonds. The van der Waals surface area contributed by atoms with Gasteiger partial charge < -0.3 is 10.0 Å². The molecule has 1 N–H and O–H groups in total. The van der Waals surface area contributed by atoms with E-state index < -0.39 is 24.0 Å². The molecule has 1 saturated heterocycles. The summed E-state index contributed by atoms with van der Waals surface area (Å²) in [4.78, 5) is 11.2. The molecule has 2 aliphatic heterocycles. The molecule has 5 rings (SSSR count). The van der Waals surface area contributed by atoms with Gasteiger partial charge in [-0.1, -0.05) is 24.6 Å². The normalized spacial score (nSPS) is 22.8. The minimum atomic E-state index is -2.80. The molecule has 0 aliphatic carbocycles. The van der Waals surface area contributed by atoms with Gasteiger partial charge in [0.2, 0.25) is 0 Å². The second kappa shape index (κ2) is 8.27. The monoisotopic (exact) mass is 493 g/mol. The molecule has 2 aromatic heterocycles. The summed E-state index contributed by atoms with van der Waals surface area (Å²) in [6, 6.07) is 4.75. The summed E-state index contributed by atoms with van der Waals surface area (Å²) in [5, 5.41) is 17.9. The fraction of sp³-hybridized carbons (Fsp3) is 0.318. The Balaban J connectivity index is 1.76. The number of aliphatic imine (C=N–C) groups is 1. The number of halogens is 4. The first-order valence-electron chi connectivity index (χ1n) is 10.3. The highest BCUT2D eigenvalue weighted by molar-refractivity contribution is 7.11. The minimum Gasteiger partial charge on any atom is -0.388 e. The van der Waals surface area contributed by atoms with Crippen LogP contribution < -0.4 is 0 Å². The van der Waals surface area contributed by atoms with Gasteiger partial charge in [-0.2, -0.15) is 13.9 Å². The van der Waals surface area contributed by atoms with E-state index in [1.807, 2.05) is 17.2 Å². The average Bonchev–Trinajstić information content (AvgIpc) is 3.52. The number of amidine groups is 1. The largest absolute Gasteiger partial charge is 0.388 e. The minimum absolute atomic E-state index is 0.158. The first kappa shape index (κ1) is 22.1. The third-order valence-corrected chi connectivity index (χ3v) is 7.09. The van der Waals surface area contributed by atoms with E-state index in [0.29, 0.717) is 44.5 Å². The Labute approximate surface area is 196 Å². The number of thiazole rings is 1. The van der Waals surface area contributed by atoms with Gasteiger partial charge in [-0.05, 0) is 24.6 Å². The van der Waals surface area contributed by atoms with Crippen molar-refractivity contribution in [3.8, 4) is 0 Å². The second-order valence-electron chi connectivity index (χ2n) is 8.02. The van der Waals surface area contributed by atoms with Crippen LogP contribution in [0.3, 0.4) is 0 Å². The van der Waals surface area contributed by atoms with E-state index in [4.69, 9.17) is 16.6 Å². The molecule has 0 spiro atoms. The van der Waals surface area contributed by atoms with Gasteiger partial charge in [-0.3, -0.25) is 4.99 Å². The second-order valence-corrected chi connectivity index (χ2v) is 9.32. The molecule has 0 saturated carbocycles. The van der Waals surface area contributed by atoms with Gasteiger partial charge in [0.05, 0.1) is 17.8 Å². The number of aromatic nitrogens is 3. The fourth-order valence-electron chi connectivity index (χ4n) is 4.28. The summed E-state index contributed by atoms with van der Waals surface area (Å²) in [7, 11) is 0. The molecule has 3 aromatic rings. The summed E-state index contributed by atoms with van der Waals surface area (Å²) >= 11 is 7.81. The number of fused-ring (bicyclic) bond motifs is 1. The molecule has 1 fully saturated rings. The Morgan fingerprint density at radius 1 is 1.33 bits per heavy atom. The SMILES string of the molecule is CC[C@@]1(O)CC2=C(c3ccn(C(F)F)n3)[C@H](c3ccc(F)cc3Cl)N=C(c3nccs3)N2C1. The molecule has 4 heterocycles. The van der Waals surface area contributed by atoms with E-state index in [2.05, 4.69) is 10.1 Å². The van der Waals surface area contributed by atoms with Crippen LogP contribution >= 0.6 is 22.9 Å².